The van der Waals surface area contributed by atoms with Crippen LogP contribution in [0.25, 0.3) is 0 Å². The number of fused-ring (bicyclic) bond motifs is 2. The van der Waals surface area contributed by atoms with Gasteiger partial charge in [0.1, 0.15) is 7.11 Å². The molecule has 2 saturated carbocycles. The SMILES string of the molecule is CCC(=NOC)[C@H]1[C@H](c2ccc(I)cc2)CC2CC(O)[C@@H]1C2. The van der Waals surface area contributed by atoms with Crippen molar-refractivity contribution in [3.8, 4) is 0 Å². The molecule has 0 aliphatic heterocycles. The average molecular weight is 413 g/mol. The second kappa shape index (κ2) is 6.87. The molecule has 1 aromatic carbocycles. The van der Waals surface area contributed by atoms with Crippen LogP contribution in [-0.2, 0) is 4.84 Å². The molecule has 3 rings (SSSR count). The molecule has 3 nitrogen and oxygen atoms in total. The van der Waals surface area contributed by atoms with E-state index >= 15 is 0 Å². The molecule has 0 radical (unpaired) electrons. The first-order chi connectivity index (χ1) is 10.6. The lowest BCUT2D eigenvalue weighted by atomic mass is 9.67. The molecule has 0 aromatic heterocycles. The van der Waals surface area contributed by atoms with Crippen molar-refractivity contribution in [1.82, 2.24) is 0 Å². The number of oxime groups is 1. The molecular weight excluding hydrogens is 389 g/mol. The first-order valence-corrected chi connectivity index (χ1v) is 9.25. The number of rotatable bonds is 4. The molecule has 22 heavy (non-hydrogen) atoms. The Morgan fingerprint density at radius 1 is 1.27 bits per heavy atom. The maximum absolute atomic E-state index is 10.5. The van der Waals surface area contributed by atoms with Crippen LogP contribution in [0, 0.1) is 21.3 Å². The van der Waals surface area contributed by atoms with E-state index in [-0.39, 0.29) is 6.10 Å². The molecular formula is C18H24INO2. The third-order valence-electron chi connectivity index (χ3n) is 5.41. The lowest BCUT2D eigenvalue weighted by Crippen LogP contribution is -2.36. The third kappa shape index (κ3) is 3.04. The Bertz CT molecular complexity index is 543. The maximum atomic E-state index is 10.5. The third-order valence-corrected chi connectivity index (χ3v) is 6.13. The van der Waals surface area contributed by atoms with Gasteiger partial charge in [0.05, 0.1) is 11.8 Å². The van der Waals surface area contributed by atoms with Gasteiger partial charge in [-0.3, -0.25) is 0 Å². The van der Waals surface area contributed by atoms with E-state index in [4.69, 9.17) is 4.84 Å². The highest BCUT2D eigenvalue weighted by Crippen LogP contribution is 2.52. The van der Waals surface area contributed by atoms with Crippen molar-refractivity contribution in [2.75, 3.05) is 7.11 Å². The highest BCUT2D eigenvalue weighted by molar-refractivity contribution is 14.1. The number of hydrogen-bond donors (Lipinski definition) is 1. The number of hydrogen-bond acceptors (Lipinski definition) is 3. The van der Waals surface area contributed by atoms with Crippen LogP contribution in [0.3, 0.4) is 0 Å². The zero-order valence-corrected chi connectivity index (χ0v) is 15.4. The van der Waals surface area contributed by atoms with Gasteiger partial charge >= 0.3 is 0 Å². The van der Waals surface area contributed by atoms with Crippen LogP contribution < -0.4 is 0 Å². The molecule has 2 aliphatic carbocycles. The Labute approximate surface area is 146 Å². The second-order valence-corrected chi connectivity index (χ2v) is 7.85. The van der Waals surface area contributed by atoms with Crippen molar-refractivity contribution >= 4 is 28.3 Å². The van der Waals surface area contributed by atoms with Crippen LogP contribution in [0.4, 0.5) is 0 Å². The molecule has 0 amide bonds. The van der Waals surface area contributed by atoms with E-state index < -0.39 is 0 Å². The van der Waals surface area contributed by atoms with Gasteiger partial charge in [0.2, 0.25) is 0 Å². The molecule has 4 heteroatoms. The van der Waals surface area contributed by atoms with Crippen molar-refractivity contribution < 1.29 is 9.94 Å². The summed E-state index contributed by atoms with van der Waals surface area (Å²) in [6.45, 7) is 2.14. The van der Waals surface area contributed by atoms with Crippen LogP contribution in [0.2, 0.25) is 0 Å². The molecule has 0 spiro atoms. The second-order valence-electron chi connectivity index (χ2n) is 6.61. The number of nitrogens with zero attached hydrogens (tertiary/aromatic N) is 1. The van der Waals surface area contributed by atoms with E-state index in [2.05, 4.69) is 58.9 Å². The molecule has 0 heterocycles. The van der Waals surface area contributed by atoms with Gasteiger partial charge in [0.15, 0.2) is 0 Å². The van der Waals surface area contributed by atoms with Crippen LogP contribution in [0.1, 0.15) is 44.1 Å². The number of benzene rings is 1. The summed E-state index contributed by atoms with van der Waals surface area (Å²) in [5.74, 6) is 1.74. The van der Waals surface area contributed by atoms with Gasteiger partial charge in [-0.05, 0) is 83.7 Å². The van der Waals surface area contributed by atoms with Crippen molar-refractivity contribution in [1.29, 1.82) is 0 Å². The minimum Gasteiger partial charge on any atom is -0.399 e. The van der Waals surface area contributed by atoms with Crippen LogP contribution in [-0.4, -0.2) is 24.0 Å². The Morgan fingerprint density at radius 3 is 2.64 bits per heavy atom. The minimum atomic E-state index is -0.183. The highest BCUT2D eigenvalue weighted by atomic mass is 127. The fourth-order valence-corrected chi connectivity index (χ4v) is 4.91. The fraction of sp³-hybridized carbons (Fsp3) is 0.611. The van der Waals surface area contributed by atoms with E-state index in [0.29, 0.717) is 23.7 Å². The minimum absolute atomic E-state index is 0.183. The normalized spacial score (nSPS) is 34.7. The largest absolute Gasteiger partial charge is 0.399 e. The van der Waals surface area contributed by atoms with Gasteiger partial charge in [0, 0.05) is 9.49 Å². The molecule has 1 N–H and O–H groups in total. The molecule has 2 bridgehead atoms. The Morgan fingerprint density at radius 2 is 2.00 bits per heavy atom. The van der Waals surface area contributed by atoms with Crippen LogP contribution in [0.15, 0.2) is 29.4 Å². The van der Waals surface area contributed by atoms with Gasteiger partial charge in [-0.1, -0.05) is 24.2 Å². The Balaban J connectivity index is 1.98. The summed E-state index contributed by atoms with van der Waals surface area (Å²) < 4.78 is 1.26. The quantitative estimate of drug-likeness (QED) is 0.457. The summed E-state index contributed by atoms with van der Waals surface area (Å²) in [7, 11) is 1.62. The molecule has 5 atom stereocenters. The van der Waals surface area contributed by atoms with Crippen molar-refractivity contribution in [3.63, 3.8) is 0 Å². The summed E-state index contributed by atoms with van der Waals surface area (Å²) >= 11 is 2.35. The van der Waals surface area contributed by atoms with Crippen molar-refractivity contribution in [2.24, 2.45) is 22.9 Å². The molecule has 2 fully saturated rings. The van der Waals surface area contributed by atoms with E-state index in [0.717, 1.165) is 31.4 Å². The molecule has 0 saturated heterocycles. The van der Waals surface area contributed by atoms with E-state index in [1.54, 1.807) is 7.11 Å². The van der Waals surface area contributed by atoms with Crippen molar-refractivity contribution in [2.45, 2.75) is 44.6 Å². The number of aliphatic hydroxyl groups excluding tert-OH is 1. The summed E-state index contributed by atoms with van der Waals surface area (Å²) in [6.07, 6.45) is 3.94. The number of halogens is 1. The maximum Gasteiger partial charge on any atom is 0.106 e. The Hall–Kier alpha value is -0.620. The molecule has 2 aliphatic rings. The van der Waals surface area contributed by atoms with E-state index in [1.165, 1.54) is 9.13 Å². The Kier molecular flexibility index (Phi) is 5.07. The zero-order chi connectivity index (χ0) is 15.7. The van der Waals surface area contributed by atoms with Gasteiger partial charge < -0.3 is 9.94 Å². The summed E-state index contributed by atoms with van der Waals surface area (Å²) in [5, 5.41) is 14.8. The standard InChI is InChI=1S/C18H24INO2/c1-3-16(20-22-2)18-14(12-4-6-13(19)7-5-12)8-11-9-15(18)17(21)10-11/h4-7,11,14-15,17-18,21H,3,8-10H2,1-2H3/t11?,14-,15-,17?,18-/m0/s1. The van der Waals surface area contributed by atoms with Crippen LogP contribution in [0.5, 0.6) is 0 Å². The fourth-order valence-electron chi connectivity index (χ4n) is 4.55. The predicted molar refractivity (Wildman–Crippen MR) is 97.0 cm³/mol. The molecule has 1 aromatic rings. The zero-order valence-electron chi connectivity index (χ0n) is 13.2. The summed E-state index contributed by atoms with van der Waals surface area (Å²) in [5.41, 5.74) is 2.49. The molecule has 2 unspecified atom stereocenters. The predicted octanol–water partition coefficient (Wildman–Crippen LogP) is 4.19. The van der Waals surface area contributed by atoms with E-state index in [1.807, 2.05) is 0 Å². The first-order valence-electron chi connectivity index (χ1n) is 8.17. The average Bonchev–Trinajstić information content (AvgIpc) is 2.81. The lowest BCUT2D eigenvalue weighted by molar-refractivity contribution is 0.106. The lowest BCUT2D eigenvalue weighted by Gasteiger charge is -2.38. The van der Waals surface area contributed by atoms with Gasteiger partial charge in [0.25, 0.3) is 0 Å². The summed E-state index contributed by atoms with van der Waals surface area (Å²) in [4.78, 5) is 5.10. The first kappa shape index (κ1) is 16.2. The monoisotopic (exact) mass is 413 g/mol. The van der Waals surface area contributed by atoms with E-state index in [9.17, 15) is 5.11 Å². The van der Waals surface area contributed by atoms with Gasteiger partial charge in [-0.25, -0.2) is 0 Å². The molecule has 120 valence electrons. The highest BCUT2D eigenvalue weighted by Gasteiger charge is 2.48. The topological polar surface area (TPSA) is 41.8 Å². The van der Waals surface area contributed by atoms with Crippen LogP contribution >= 0.6 is 22.6 Å². The van der Waals surface area contributed by atoms with Gasteiger partial charge in [-0.15, -0.1) is 0 Å². The van der Waals surface area contributed by atoms with Crippen molar-refractivity contribution in [3.05, 3.63) is 33.4 Å². The summed E-state index contributed by atoms with van der Waals surface area (Å²) in [6, 6.07) is 8.85. The smallest absolute Gasteiger partial charge is 0.106 e. The number of aliphatic hydroxyl groups is 1. The van der Waals surface area contributed by atoms with Gasteiger partial charge in [-0.2, -0.15) is 0 Å².